The first-order valence-corrected chi connectivity index (χ1v) is 4.48. The van der Waals surface area contributed by atoms with Gasteiger partial charge in [-0.15, -0.1) is 0 Å². The molecule has 2 rings (SSSR count). The fourth-order valence-corrected chi connectivity index (χ4v) is 3.22. The normalized spacial score (nSPS) is 46.8. The molecule has 0 radical (unpaired) electrons. The Hall–Kier alpha value is -0.330. The van der Waals surface area contributed by atoms with Crippen molar-refractivity contribution in [1.82, 2.24) is 0 Å². The Morgan fingerprint density at radius 3 is 2.27 bits per heavy atom. The highest BCUT2D eigenvalue weighted by atomic mass is 16.1. The highest BCUT2D eigenvalue weighted by Gasteiger charge is 2.60. The van der Waals surface area contributed by atoms with Crippen molar-refractivity contribution in [2.45, 2.75) is 40.0 Å². The fraction of sp³-hybridized carbons (Fsp3) is 0.900. The van der Waals surface area contributed by atoms with E-state index in [1.807, 2.05) is 0 Å². The van der Waals surface area contributed by atoms with Crippen LogP contribution in [0.2, 0.25) is 0 Å². The third-order valence-corrected chi connectivity index (χ3v) is 3.72. The molecule has 2 aliphatic rings. The van der Waals surface area contributed by atoms with Gasteiger partial charge in [0.1, 0.15) is 5.78 Å². The lowest BCUT2D eigenvalue weighted by atomic mass is 9.57. The van der Waals surface area contributed by atoms with Crippen LogP contribution in [0.5, 0.6) is 0 Å². The van der Waals surface area contributed by atoms with Crippen molar-refractivity contribution in [2.75, 3.05) is 0 Å². The van der Waals surface area contributed by atoms with Crippen molar-refractivity contribution in [3.63, 3.8) is 0 Å². The van der Waals surface area contributed by atoms with Crippen molar-refractivity contribution < 1.29 is 4.79 Å². The molecule has 11 heavy (non-hydrogen) atoms. The van der Waals surface area contributed by atoms with Gasteiger partial charge in [-0.25, -0.2) is 0 Å². The average Bonchev–Trinajstić information content (AvgIpc) is 1.98. The first-order valence-electron chi connectivity index (χ1n) is 4.48. The van der Waals surface area contributed by atoms with Gasteiger partial charge in [-0.2, -0.15) is 0 Å². The predicted molar refractivity (Wildman–Crippen MR) is 44.2 cm³/mol. The van der Waals surface area contributed by atoms with Crippen molar-refractivity contribution in [3.8, 4) is 0 Å². The van der Waals surface area contributed by atoms with E-state index in [2.05, 4.69) is 20.8 Å². The summed E-state index contributed by atoms with van der Waals surface area (Å²) in [6, 6.07) is 0. The molecule has 2 unspecified atom stereocenters. The standard InChI is InChI=1S/C10H16O/c1-9(2)4-5-10(3)6-7(11)8(9)10/h8H,4-6H2,1-3H3. The largest absolute Gasteiger partial charge is 0.299 e. The summed E-state index contributed by atoms with van der Waals surface area (Å²) in [6.45, 7) is 6.74. The smallest absolute Gasteiger partial charge is 0.137 e. The first kappa shape index (κ1) is 7.33. The summed E-state index contributed by atoms with van der Waals surface area (Å²) >= 11 is 0. The third kappa shape index (κ3) is 0.743. The molecule has 1 nitrogen and oxygen atoms in total. The summed E-state index contributed by atoms with van der Waals surface area (Å²) in [5.41, 5.74) is 0.685. The molecule has 0 aromatic heterocycles. The van der Waals surface area contributed by atoms with Crippen molar-refractivity contribution in [1.29, 1.82) is 0 Å². The zero-order valence-corrected chi connectivity index (χ0v) is 7.61. The minimum atomic E-state index is 0.296. The molecule has 0 spiro atoms. The summed E-state index contributed by atoms with van der Waals surface area (Å²) in [7, 11) is 0. The van der Waals surface area contributed by atoms with Gasteiger partial charge in [0.25, 0.3) is 0 Å². The molecule has 0 saturated heterocycles. The van der Waals surface area contributed by atoms with Crippen LogP contribution in [0.3, 0.4) is 0 Å². The molecule has 0 aromatic rings. The minimum absolute atomic E-state index is 0.296. The summed E-state index contributed by atoms with van der Waals surface area (Å²) < 4.78 is 0. The van der Waals surface area contributed by atoms with E-state index in [0.717, 1.165) is 6.42 Å². The van der Waals surface area contributed by atoms with Gasteiger partial charge in [0.2, 0.25) is 0 Å². The summed E-state index contributed by atoms with van der Waals surface area (Å²) in [6.07, 6.45) is 3.34. The van der Waals surface area contributed by atoms with E-state index in [4.69, 9.17) is 0 Å². The van der Waals surface area contributed by atoms with Crippen LogP contribution in [-0.2, 0) is 4.79 Å². The van der Waals surface area contributed by atoms with Crippen LogP contribution in [0.25, 0.3) is 0 Å². The van der Waals surface area contributed by atoms with Crippen LogP contribution in [0, 0.1) is 16.7 Å². The quantitative estimate of drug-likeness (QED) is 0.521. The third-order valence-electron chi connectivity index (χ3n) is 3.72. The van der Waals surface area contributed by atoms with Crippen molar-refractivity contribution >= 4 is 5.78 Å². The molecule has 2 aliphatic carbocycles. The summed E-state index contributed by atoms with van der Waals surface area (Å²) in [5.74, 6) is 0.894. The van der Waals surface area contributed by atoms with Crippen LogP contribution in [-0.4, -0.2) is 5.78 Å². The molecule has 0 amide bonds. The maximum atomic E-state index is 11.3. The van der Waals surface area contributed by atoms with Gasteiger partial charge in [0.15, 0.2) is 0 Å². The Kier molecular flexibility index (Phi) is 1.13. The lowest BCUT2D eigenvalue weighted by molar-refractivity contribution is -0.144. The monoisotopic (exact) mass is 152 g/mol. The molecule has 1 heteroatoms. The SMILES string of the molecule is CC1(C)CCC2(C)CC(=O)C12. The summed E-state index contributed by atoms with van der Waals surface area (Å²) in [4.78, 5) is 11.3. The Labute approximate surface area is 68.2 Å². The lowest BCUT2D eigenvalue weighted by Crippen LogP contribution is -2.47. The Balaban J connectivity index is 2.31. The number of ketones is 1. The van der Waals surface area contributed by atoms with Crippen molar-refractivity contribution in [2.24, 2.45) is 16.7 Å². The van der Waals surface area contributed by atoms with Gasteiger partial charge in [0, 0.05) is 12.3 Å². The van der Waals surface area contributed by atoms with Gasteiger partial charge >= 0.3 is 0 Å². The number of Topliss-reactive ketones (excluding diaryl/α,β-unsaturated/α-hetero) is 1. The molecule has 2 atom stereocenters. The minimum Gasteiger partial charge on any atom is -0.299 e. The zero-order valence-electron chi connectivity index (χ0n) is 7.61. The van der Waals surface area contributed by atoms with Crippen LogP contribution >= 0.6 is 0 Å². The highest BCUT2D eigenvalue weighted by Crippen LogP contribution is 2.62. The van der Waals surface area contributed by atoms with Crippen LogP contribution in [0.15, 0.2) is 0 Å². The number of fused-ring (bicyclic) bond motifs is 1. The molecule has 62 valence electrons. The van der Waals surface area contributed by atoms with E-state index >= 15 is 0 Å². The number of hydrogen-bond acceptors (Lipinski definition) is 1. The maximum absolute atomic E-state index is 11.3. The van der Waals surface area contributed by atoms with Crippen LogP contribution < -0.4 is 0 Å². The Bertz CT molecular complexity index is 205. The Morgan fingerprint density at radius 1 is 1.27 bits per heavy atom. The first-order chi connectivity index (χ1) is 4.96. The zero-order chi connectivity index (χ0) is 8.28. The number of carbonyl (C=O) groups excluding carboxylic acids is 1. The predicted octanol–water partition coefficient (Wildman–Crippen LogP) is 2.40. The van der Waals surface area contributed by atoms with Gasteiger partial charge < -0.3 is 0 Å². The van der Waals surface area contributed by atoms with Gasteiger partial charge in [-0.3, -0.25) is 4.79 Å². The Morgan fingerprint density at radius 2 is 1.91 bits per heavy atom. The van der Waals surface area contributed by atoms with Gasteiger partial charge in [-0.1, -0.05) is 20.8 Å². The lowest BCUT2D eigenvalue weighted by Gasteiger charge is -2.45. The van der Waals surface area contributed by atoms with Crippen molar-refractivity contribution in [3.05, 3.63) is 0 Å². The molecular weight excluding hydrogens is 136 g/mol. The summed E-state index contributed by atoms with van der Waals surface area (Å²) in [5, 5.41) is 0. The molecule has 0 N–H and O–H groups in total. The van der Waals surface area contributed by atoms with Gasteiger partial charge in [0.05, 0.1) is 0 Å². The molecule has 2 saturated carbocycles. The van der Waals surface area contributed by atoms with E-state index in [0.29, 0.717) is 22.5 Å². The second-order valence-corrected chi connectivity index (χ2v) is 5.22. The van der Waals surface area contributed by atoms with E-state index in [9.17, 15) is 4.79 Å². The number of carbonyl (C=O) groups is 1. The second-order valence-electron chi connectivity index (χ2n) is 5.22. The molecule has 0 bridgehead atoms. The molecular formula is C10H16O. The fourth-order valence-electron chi connectivity index (χ4n) is 3.22. The second kappa shape index (κ2) is 1.70. The number of rotatable bonds is 0. The van der Waals surface area contributed by atoms with E-state index < -0.39 is 0 Å². The van der Waals surface area contributed by atoms with E-state index in [-0.39, 0.29) is 0 Å². The molecule has 2 fully saturated rings. The molecule has 0 aliphatic heterocycles. The van der Waals surface area contributed by atoms with E-state index in [1.54, 1.807) is 0 Å². The maximum Gasteiger partial charge on any atom is 0.137 e. The number of hydrogen-bond donors (Lipinski definition) is 0. The molecule has 0 aromatic carbocycles. The van der Waals surface area contributed by atoms with Gasteiger partial charge in [-0.05, 0) is 23.7 Å². The topological polar surface area (TPSA) is 17.1 Å². The average molecular weight is 152 g/mol. The van der Waals surface area contributed by atoms with Crippen LogP contribution in [0.4, 0.5) is 0 Å². The molecule has 0 heterocycles. The van der Waals surface area contributed by atoms with E-state index in [1.165, 1.54) is 12.8 Å². The van der Waals surface area contributed by atoms with Crippen LogP contribution in [0.1, 0.15) is 40.0 Å². The highest BCUT2D eigenvalue weighted by molar-refractivity contribution is 5.90.